The normalized spacial score (nSPS) is 14.0. The molecule has 57 heavy (non-hydrogen) atoms. The van der Waals surface area contributed by atoms with Gasteiger partial charge in [-0.3, -0.25) is 13.8 Å². The van der Waals surface area contributed by atoms with Crippen molar-refractivity contribution in [2.24, 2.45) is 0 Å². The van der Waals surface area contributed by atoms with Gasteiger partial charge in [-0.15, -0.1) is 0 Å². The Balaban J connectivity index is 4.04. The molecule has 0 aromatic carbocycles. The van der Waals surface area contributed by atoms with Crippen molar-refractivity contribution in [3.63, 3.8) is 0 Å². The lowest BCUT2D eigenvalue weighted by molar-refractivity contribution is -0.154. The number of esters is 1. The van der Waals surface area contributed by atoms with E-state index in [-0.39, 0.29) is 25.6 Å². The number of rotatable bonds is 47. The van der Waals surface area contributed by atoms with E-state index >= 15 is 0 Å². The highest BCUT2D eigenvalue weighted by atomic mass is 31.2. The van der Waals surface area contributed by atoms with Gasteiger partial charge in [-0.05, 0) is 38.5 Å². The highest BCUT2D eigenvalue weighted by Gasteiger charge is 2.26. The molecule has 0 amide bonds. The maximum atomic E-state index is 12.6. The molecule has 0 aliphatic rings. The van der Waals surface area contributed by atoms with Crippen LogP contribution in [0.5, 0.6) is 0 Å². The first-order valence-electron chi connectivity index (χ1n) is 24.2. The summed E-state index contributed by atoms with van der Waals surface area (Å²) in [6.07, 6.45) is 46.0. The number of hydrogen-bond acceptors (Lipinski definition) is 8. The molecule has 0 saturated heterocycles. The number of carbonyl (C=O) groups is 1. The van der Waals surface area contributed by atoms with Crippen LogP contribution < -0.4 is 0 Å². The second-order valence-electron chi connectivity index (χ2n) is 16.5. The molecule has 10 heteroatoms. The monoisotopic (exact) mass is 833 g/mol. The van der Waals surface area contributed by atoms with E-state index in [0.29, 0.717) is 6.61 Å². The molecule has 9 nitrogen and oxygen atoms in total. The molecule has 0 fully saturated rings. The second kappa shape index (κ2) is 44.7. The zero-order chi connectivity index (χ0) is 41.8. The van der Waals surface area contributed by atoms with E-state index in [2.05, 4.69) is 26.0 Å². The Bertz CT molecular complexity index is 902. The van der Waals surface area contributed by atoms with Crippen LogP contribution in [0.2, 0.25) is 0 Å². The summed E-state index contributed by atoms with van der Waals surface area (Å²) in [6.45, 7) is 3.57. The highest BCUT2D eigenvalue weighted by molar-refractivity contribution is 7.47. The zero-order valence-electron chi connectivity index (χ0n) is 37.3. The van der Waals surface area contributed by atoms with Gasteiger partial charge in [0.1, 0.15) is 12.2 Å². The summed E-state index contributed by atoms with van der Waals surface area (Å²) < 4.78 is 33.5. The van der Waals surface area contributed by atoms with Crippen molar-refractivity contribution in [1.82, 2.24) is 0 Å². The lowest BCUT2D eigenvalue weighted by atomic mass is 10.0. The maximum absolute atomic E-state index is 12.6. The van der Waals surface area contributed by atoms with Gasteiger partial charge in [0.15, 0.2) is 0 Å². The Morgan fingerprint density at radius 3 is 1.32 bits per heavy atom. The van der Waals surface area contributed by atoms with Crippen molar-refractivity contribution in [2.45, 2.75) is 251 Å². The first-order chi connectivity index (χ1) is 27.8. The molecule has 0 bridgehead atoms. The van der Waals surface area contributed by atoms with Crippen molar-refractivity contribution < 1.29 is 43.0 Å². The summed E-state index contributed by atoms with van der Waals surface area (Å²) in [4.78, 5) is 22.6. The Morgan fingerprint density at radius 1 is 0.526 bits per heavy atom. The van der Waals surface area contributed by atoms with Gasteiger partial charge in [-0.25, -0.2) is 4.57 Å². The molecule has 340 valence electrons. The molecule has 3 unspecified atom stereocenters. The number of phosphoric ester groups is 1. The van der Waals surface area contributed by atoms with E-state index in [4.69, 9.17) is 23.6 Å². The quantitative estimate of drug-likeness (QED) is 0.0237. The molecule has 0 radical (unpaired) electrons. The standard InChI is InChI=1S/C47H93O9P/c1-3-5-7-9-11-13-15-17-19-20-21-22-23-24-25-26-28-30-32-34-36-38-40-53-43-46(44-55-57(51,52)54-42-45(49)41-48)56-47(50)39-37-35-33-31-29-27-18-16-14-12-10-8-6-4-2/h20-21,45-46,48-49H,3-19,22-44H2,1-2H3,(H,51,52)/b21-20-. The largest absolute Gasteiger partial charge is 0.472 e. The number of hydrogen-bond donors (Lipinski definition) is 3. The van der Waals surface area contributed by atoms with E-state index in [1.165, 1.54) is 186 Å². The Kier molecular flexibility index (Phi) is 44.1. The van der Waals surface area contributed by atoms with Crippen molar-refractivity contribution in [1.29, 1.82) is 0 Å². The van der Waals surface area contributed by atoms with Gasteiger partial charge >= 0.3 is 13.8 Å². The van der Waals surface area contributed by atoms with Crippen LogP contribution in [0.1, 0.15) is 239 Å². The van der Waals surface area contributed by atoms with Gasteiger partial charge in [-0.2, -0.15) is 0 Å². The van der Waals surface area contributed by atoms with Crippen LogP contribution in [0.4, 0.5) is 0 Å². The third-order valence-corrected chi connectivity index (χ3v) is 11.7. The molecule has 0 heterocycles. The number of unbranched alkanes of at least 4 members (excludes halogenated alkanes) is 31. The molecular weight excluding hydrogens is 739 g/mol. The first kappa shape index (κ1) is 56.2. The lowest BCUT2D eigenvalue weighted by Gasteiger charge is -2.20. The minimum atomic E-state index is -4.51. The summed E-state index contributed by atoms with van der Waals surface area (Å²) in [5.74, 6) is -0.378. The Hall–Kier alpha value is -0.800. The van der Waals surface area contributed by atoms with Crippen LogP contribution in [0.25, 0.3) is 0 Å². The summed E-state index contributed by atoms with van der Waals surface area (Å²) in [5, 5.41) is 18.4. The summed E-state index contributed by atoms with van der Waals surface area (Å²) in [7, 11) is -4.51. The summed E-state index contributed by atoms with van der Waals surface area (Å²) in [5.41, 5.74) is 0. The average molecular weight is 833 g/mol. The van der Waals surface area contributed by atoms with E-state index in [1.54, 1.807) is 0 Å². The number of carbonyl (C=O) groups excluding carboxylic acids is 1. The number of aliphatic hydroxyl groups is 2. The minimum absolute atomic E-state index is 0.0544. The third kappa shape index (κ3) is 44.6. The number of phosphoric acid groups is 1. The third-order valence-electron chi connectivity index (χ3n) is 10.7. The van der Waals surface area contributed by atoms with Crippen molar-refractivity contribution in [2.75, 3.05) is 33.0 Å². The van der Waals surface area contributed by atoms with Gasteiger partial charge in [0, 0.05) is 13.0 Å². The molecule has 0 saturated carbocycles. The van der Waals surface area contributed by atoms with Crippen molar-refractivity contribution in [3.8, 4) is 0 Å². The zero-order valence-corrected chi connectivity index (χ0v) is 38.2. The van der Waals surface area contributed by atoms with Crippen molar-refractivity contribution in [3.05, 3.63) is 12.2 Å². The molecule has 0 aliphatic heterocycles. The van der Waals surface area contributed by atoms with Gasteiger partial charge in [0.05, 0.1) is 26.4 Å². The summed E-state index contributed by atoms with van der Waals surface area (Å²) >= 11 is 0. The molecular formula is C47H93O9P. The maximum Gasteiger partial charge on any atom is 0.472 e. The summed E-state index contributed by atoms with van der Waals surface area (Å²) in [6, 6.07) is 0. The minimum Gasteiger partial charge on any atom is -0.457 e. The topological polar surface area (TPSA) is 132 Å². The van der Waals surface area contributed by atoms with E-state index in [0.717, 1.165) is 32.1 Å². The van der Waals surface area contributed by atoms with Crippen molar-refractivity contribution >= 4 is 13.8 Å². The van der Waals surface area contributed by atoms with Gasteiger partial charge in [0.2, 0.25) is 0 Å². The fraction of sp³-hybridized carbons (Fsp3) is 0.936. The van der Waals surface area contributed by atoms with E-state index in [1.807, 2.05) is 0 Å². The van der Waals surface area contributed by atoms with Crippen LogP contribution >= 0.6 is 7.82 Å². The van der Waals surface area contributed by atoms with Crippen LogP contribution in [0, 0.1) is 0 Å². The average Bonchev–Trinajstić information content (AvgIpc) is 3.20. The lowest BCUT2D eigenvalue weighted by Crippen LogP contribution is -2.29. The Labute approximate surface area is 351 Å². The molecule has 0 aromatic rings. The van der Waals surface area contributed by atoms with E-state index < -0.39 is 33.2 Å². The van der Waals surface area contributed by atoms with Gasteiger partial charge in [-0.1, -0.05) is 206 Å². The predicted molar refractivity (Wildman–Crippen MR) is 238 cm³/mol. The SMILES string of the molecule is CCCCCCCCCC/C=C\CCCCCCCCCCCCOCC(COP(=O)(O)OCC(O)CO)OC(=O)CCCCCCCCCCCCCCCC. The molecule has 0 aromatic heterocycles. The first-order valence-corrected chi connectivity index (χ1v) is 25.7. The van der Waals surface area contributed by atoms with Crippen LogP contribution in [-0.4, -0.2) is 66.3 Å². The van der Waals surface area contributed by atoms with Gasteiger partial charge in [0.25, 0.3) is 0 Å². The van der Waals surface area contributed by atoms with Crippen LogP contribution in [0.3, 0.4) is 0 Å². The Morgan fingerprint density at radius 2 is 0.895 bits per heavy atom. The molecule has 0 aliphatic carbocycles. The smallest absolute Gasteiger partial charge is 0.457 e. The van der Waals surface area contributed by atoms with Crippen LogP contribution in [-0.2, 0) is 27.9 Å². The molecule has 0 spiro atoms. The number of allylic oxidation sites excluding steroid dienone is 2. The molecule has 3 atom stereocenters. The molecule has 3 N–H and O–H groups in total. The van der Waals surface area contributed by atoms with Gasteiger partial charge < -0.3 is 24.6 Å². The number of aliphatic hydroxyl groups excluding tert-OH is 2. The second-order valence-corrected chi connectivity index (χ2v) is 17.9. The highest BCUT2D eigenvalue weighted by Crippen LogP contribution is 2.43. The fourth-order valence-corrected chi connectivity index (χ4v) is 7.79. The van der Waals surface area contributed by atoms with Crippen LogP contribution in [0.15, 0.2) is 12.2 Å². The predicted octanol–water partition coefficient (Wildman–Crippen LogP) is 13.7. The van der Waals surface area contributed by atoms with E-state index in [9.17, 15) is 19.4 Å². The fourth-order valence-electron chi connectivity index (χ4n) is 7.00. The molecule has 0 rings (SSSR count). The number of ether oxygens (including phenoxy) is 2.